The van der Waals surface area contributed by atoms with Gasteiger partial charge in [0.2, 0.25) is 5.69 Å². The van der Waals surface area contributed by atoms with Crippen molar-refractivity contribution in [1.82, 2.24) is 9.58 Å². The van der Waals surface area contributed by atoms with Crippen LogP contribution in [0.1, 0.15) is 26.5 Å². The zero-order valence-corrected chi connectivity index (χ0v) is 11.1. The van der Waals surface area contributed by atoms with Gasteiger partial charge in [0.15, 0.2) is 5.82 Å². The molecule has 1 rings (SSSR count). The molecule has 1 aromatic heterocycles. The Balaban J connectivity index is 0.00000225. The Bertz CT molecular complexity index is 379. The van der Waals surface area contributed by atoms with Crippen molar-refractivity contribution in [1.29, 1.82) is 0 Å². The average molecular weight is 247 g/mol. The molecule has 0 aliphatic heterocycles. The second-order valence-electron chi connectivity index (χ2n) is 4.86. The first-order valence-electron chi connectivity index (χ1n) is 4.86. The number of hydrogen-bond donors (Lipinski definition) is 1. The molecule has 0 bridgehead atoms. The first-order chi connectivity index (χ1) is 6.73. The van der Waals surface area contributed by atoms with Gasteiger partial charge >= 0.3 is 6.03 Å². The standard InChI is InChI=1S/C10H18N4O.ClH/c1-10(2,3)7-6-8(11)14(12-7)9(15)13(4)5;/h6H,11H2,1-5H3;1H. The fourth-order valence-electron chi connectivity index (χ4n) is 1.17. The summed E-state index contributed by atoms with van der Waals surface area (Å²) in [6.45, 7) is 6.17. The summed E-state index contributed by atoms with van der Waals surface area (Å²) >= 11 is 0. The molecule has 1 heterocycles. The number of anilines is 1. The highest BCUT2D eigenvalue weighted by Crippen LogP contribution is 2.19. The number of amides is 1. The number of nitrogens with zero attached hydrogens (tertiary/aromatic N) is 2. The van der Waals surface area contributed by atoms with Gasteiger partial charge in [0.05, 0.1) is 6.07 Å². The van der Waals surface area contributed by atoms with E-state index in [9.17, 15) is 4.79 Å². The lowest BCUT2D eigenvalue weighted by Gasteiger charge is -2.09. The number of H-pyrrole nitrogens is 1. The van der Waals surface area contributed by atoms with Crippen molar-refractivity contribution in [2.24, 2.45) is 0 Å². The molecular weight excluding hydrogens is 228 g/mol. The number of halogens is 1. The van der Waals surface area contributed by atoms with Crippen molar-refractivity contribution in [2.45, 2.75) is 26.2 Å². The van der Waals surface area contributed by atoms with Gasteiger partial charge in [-0.15, -0.1) is 5.10 Å². The van der Waals surface area contributed by atoms with Crippen LogP contribution in [0.25, 0.3) is 0 Å². The summed E-state index contributed by atoms with van der Waals surface area (Å²) < 4.78 is 1.35. The van der Waals surface area contributed by atoms with Crippen LogP contribution in [0.5, 0.6) is 0 Å². The molecule has 6 heteroatoms. The van der Waals surface area contributed by atoms with E-state index in [1.165, 1.54) is 9.58 Å². The van der Waals surface area contributed by atoms with Gasteiger partial charge in [-0.3, -0.25) is 0 Å². The first-order valence-corrected chi connectivity index (χ1v) is 4.86. The number of nitrogen functional groups attached to an aromatic ring is 1. The normalized spacial score (nSPS) is 10.8. The van der Waals surface area contributed by atoms with Crippen molar-refractivity contribution in [2.75, 3.05) is 19.8 Å². The van der Waals surface area contributed by atoms with Gasteiger partial charge in [-0.2, -0.15) is 0 Å². The molecule has 0 saturated heterocycles. The van der Waals surface area contributed by atoms with E-state index in [2.05, 4.69) is 25.9 Å². The van der Waals surface area contributed by atoms with Crippen LogP contribution in [0.2, 0.25) is 0 Å². The highest BCUT2D eigenvalue weighted by atomic mass is 35.5. The Morgan fingerprint density at radius 1 is 1.44 bits per heavy atom. The number of carbonyl (C=O) groups is 1. The largest absolute Gasteiger partial charge is 1.00 e. The number of nitrogens with two attached hydrogens (primary N) is 1. The van der Waals surface area contributed by atoms with Crippen molar-refractivity contribution in [3.05, 3.63) is 11.8 Å². The lowest BCUT2D eigenvalue weighted by Crippen LogP contribution is -3.00. The van der Waals surface area contributed by atoms with Crippen LogP contribution >= 0.6 is 0 Å². The average Bonchev–Trinajstić information content (AvgIpc) is 2.45. The molecule has 3 N–H and O–H groups in total. The van der Waals surface area contributed by atoms with Gasteiger partial charge in [-0.25, -0.2) is 4.79 Å². The highest BCUT2D eigenvalue weighted by molar-refractivity contribution is 5.77. The van der Waals surface area contributed by atoms with Gasteiger partial charge in [-0.1, -0.05) is 20.8 Å². The van der Waals surface area contributed by atoms with Gasteiger partial charge in [0.25, 0.3) is 0 Å². The third-order valence-corrected chi connectivity index (χ3v) is 2.16. The number of carbonyl (C=O) groups excluding carboxylic acids is 1. The Kier molecular flexibility index (Phi) is 4.37. The maximum Gasteiger partial charge on any atom is 0.379 e. The molecule has 1 aromatic rings. The number of nitrogens with one attached hydrogen (secondary N) is 1. The van der Waals surface area contributed by atoms with E-state index < -0.39 is 0 Å². The van der Waals surface area contributed by atoms with Crippen LogP contribution in [0.4, 0.5) is 10.6 Å². The predicted molar refractivity (Wildman–Crippen MR) is 58.6 cm³/mol. The molecule has 0 saturated carbocycles. The Hall–Kier alpha value is -1.23. The molecule has 0 atom stereocenters. The topological polar surface area (TPSA) is 65.4 Å². The lowest BCUT2D eigenvalue weighted by atomic mass is 9.92. The molecule has 0 radical (unpaired) electrons. The lowest BCUT2D eigenvalue weighted by molar-refractivity contribution is -0.485. The van der Waals surface area contributed by atoms with E-state index in [1.54, 1.807) is 20.2 Å². The van der Waals surface area contributed by atoms with Gasteiger partial charge in [-0.05, 0) is 4.68 Å². The molecule has 0 aliphatic carbocycles. The van der Waals surface area contributed by atoms with E-state index in [1.807, 2.05) is 0 Å². The number of aromatic amines is 1. The first kappa shape index (κ1) is 14.8. The van der Waals surface area contributed by atoms with E-state index >= 15 is 0 Å². The van der Waals surface area contributed by atoms with Crippen LogP contribution in [-0.4, -0.2) is 29.7 Å². The summed E-state index contributed by atoms with van der Waals surface area (Å²) in [5, 5.41) is 3.00. The molecule has 0 fully saturated rings. The number of hydrogen-bond acceptors (Lipinski definition) is 2. The fraction of sp³-hybridized carbons (Fsp3) is 0.600. The van der Waals surface area contributed by atoms with Crippen molar-refractivity contribution >= 4 is 11.8 Å². The summed E-state index contributed by atoms with van der Waals surface area (Å²) in [6, 6.07) is 1.62. The molecule has 0 spiro atoms. The minimum atomic E-state index is -0.178. The van der Waals surface area contributed by atoms with E-state index in [0.29, 0.717) is 5.82 Å². The summed E-state index contributed by atoms with van der Waals surface area (Å²) in [5.41, 5.74) is 6.65. The number of rotatable bonds is 0. The van der Waals surface area contributed by atoms with Gasteiger partial charge in [0, 0.05) is 19.5 Å². The SMILES string of the molecule is CN(C)C(=O)n1[nH+]c(C(C)(C)C)cc1N.[Cl-]. The zero-order chi connectivity index (χ0) is 11.8. The van der Waals surface area contributed by atoms with Crippen molar-refractivity contribution in [3.63, 3.8) is 0 Å². The van der Waals surface area contributed by atoms with Gasteiger partial charge in [0.1, 0.15) is 0 Å². The van der Waals surface area contributed by atoms with Crippen LogP contribution < -0.4 is 23.2 Å². The minimum absolute atomic E-state index is 0. The molecule has 16 heavy (non-hydrogen) atoms. The molecular formula is C10H19ClN4O. The summed E-state index contributed by atoms with van der Waals surface area (Å²) in [5.74, 6) is 0.429. The molecule has 92 valence electrons. The number of aromatic nitrogens is 2. The van der Waals surface area contributed by atoms with Crippen LogP contribution in [0.3, 0.4) is 0 Å². The van der Waals surface area contributed by atoms with E-state index in [0.717, 1.165) is 5.69 Å². The highest BCUT2D eigenvalue weighted by Gasteiger charge is 2.27. The maximum atomic E-state index is 11.7. The second-order valence-corrected chi connectivity index (χ2v) is 4.86. The van der Waals surface area contributed by atoms with E-state index in [4.69, 9.17) is 5.73 Å². The Morgan fingerprint density at radius 3 is 2.25 bits per heavy atom. The minimum Gasteiger partial charge on any atom is -1.00 e. The van der Waals surface area contributed by atoms with Crippen LogP contribution in [-0.2, 0) is 5.41 Å². The Morgan fingerprint density at radius 2 is 1.94 bits per heavy atom. The quantitative estimate of drug-likeness (QED) is 0.560. The van der Waals surface area contributed by atoms with E-state index in [-0.39, 0.29) is 23.9 Å². The Labute approximate surface area is 102 Å². The molecule has 0 unspecified atom stereocenters. The summed E-state index contributed by atoms with van der Waals surface area (Å²) in [7, 11) is 3.37. The third kappa shape index (κ3) is 2.88. The van der Waals surface area contributed by atoms with Gasteiger partial charge < -0.3 is 23.0 Å². The third-order valence-electron chi connectivity index (χ3n) is 2.16. The smallest absolute Gasteiger partial charge is 0.379 e. The van der Waals surface area contributed by atoms with Crippen LogP contribution in [0.15, 0.2) is 6.07 Å². The molecule has 0 aromatic carbocycles. The van der Waals surface area contributed by atoms with Crippen molar-refractivity contribution < 1.29 is 22.3 Å². The maximum absolute atomic E-state index is 11.7. The molecule has 0 aliphatic rings. The molecule has 1 amide bonds. The molecule has 5 nitrogen and oxygen atoms in total. The second kappa shape index (κ2) is 4.74. The van der Waals surface area contributed by atoms with Crippen molar-refractivity contribution in [3.8, 4) is 0 Å². The monoisotopic (exact) mass is 246 g/mol. The zero-order valence-electron chi connectivity index (χ0n) is 10.3. The summed E-state index contributed by atoms with van der Waals surface area (Å²) in [6.07, 6.45) is 0. The fourth-order valence-corrected chi connectivity index (χ4v) is 1.17. The summed E-state index contributed by atoms with van der Waals surface area (Å²) in [4.78, 5) is 13.2. The van der Waals surface area contributed by atoms with Crippen LogP contribution in [0, 0.1) is 0 Å². The predicted octanol–water partition coefficient (Wildman–Crippen LogP) is -2.28.